The Morgan fingerprint density at radius 1 is 1.50 bits per heavy atom. The van der Waals surface area contributed by atoms with Gasteiger partial charge < -0.3 is 10.2 Å². The predicted octanol–water partition coefficient (Wildman–Crippen LogP) is 1.85. The fourth-order valence-corrected chi connectivity index (χ4v) is 1.02. The number of rotatable bonds is 1. The number of nitrogens with two attached hydrogens (primary N) is 1. The first kappa shape index (κ1) is 11.5. The van der Waals surface area contributed by atoms with E-state index in [0.717, 1.165) is 11.5 Å². The van der Waals surface area contributed by atoms with Gasteiger partial charge >= 0.3 is 0 Å². The highest BCUT2D eigenvalue weighted by atomic mass is 35.5. The van der Waals surface area contributed by atoms with Gasteiger partial charge in [-0.1, -0.05) is 20.8 Å². The quantitative estimate of drug-likeness (QED) is 0.736. The van der Waals surface area contributed by atoms with Gasteiger partial charge in [0.25, 0.3) is 0 Å². The van der Waals surface area contributed by atoms with Crippen LogP contribution in [0.5, 0.6) is 0 Å². The first-order valence-corrected chi connectivity index (χ1v) is 3.68. The van der Waals surface area contributed by atoms with Gasteiger partial charge in [0.1, 0.15) is 5.76 Å². The van der Waals surface area contributed by atoms with Crippen molar-refractivity contribution in [2.24, 2.45) is 5.73 Å². The van der Waals surface area contributed by atoms with Gasteiger partial charge in [0.05, 0.1) is 5.69 Å². The molecule has 0 aromatic carbocycles. The van der Waals surface area contributed by atoms with Crippen LogP contribution in [0.3, 0.4) is 0 Å². The lowest BCUT2D eigenvalue weighted by Gasteiger charge is -2.15. The molecule has 0 bridgehead atoms. The monoisotopic (exact) mass is 190 g/mol. The first-order valence-electron chi connectivity index (χ1n) is 3.68. The van der Waals surface area contributed by atoms with Crippen LogP contribution in [0.15, 0.2) is 10.8 Å². The predicted molar refractivity (Wildman–Crippen MR) is 50.3 cm³/mol. The minimum Gasteiger partial charge on any atom is -0.448 e. The molecule has 1 heterocycles. The maximum Gasteiger partial charge on any atom is 0.181 e. The van der Waals surface area contributed by atoms with Crippen molar-refractivity contribution in [3.8, 4) is 0 Å². The molecule has 0 aliphatic heterocycles. The number of hydrogen-bond donors (Lipinski definition) is 1. The minimum atomic E-state index is 0. The zero-order chi connectivity index (χ0) is 8.48. The van der Waals surface area contributed by atoms with E-state index in [1.807, 2.05) is 0 Å². The van der Waals surface area contributed by atoms with Gasteiger partial charge in [-0.05, 0) is 0 Å². The highest BCUT2D eigenvalue weighted by Gasteiger charge is 2.21. The molecular weight excluding hydrogens is 176 g/mol. The maximum absolute atomic E-state index is 5.47. The molecule has 1 rings (SSSR count). The highest BCUT2D eigenvalue weighted by Crippen LogP contribution is 2.24. The summed E-state index contributed by atoms with van der Waals surface area (Å²) in [6, 6.07) is 0. The summed E-state index contributed by atoms with van der Waals surface area (Å²) in [7, 11) is 0. The summed E-state index contributed by atoms with van der Waals surface area (Å²) >= 11 is 0. The Kier molecular flexibility index (Phi) is 3.74. The van der Waals surface area contributed by atoms with Crippen LogP contribution >= 0.6 is 12.4 Å². The number of oxazole rings is 1. The molecule has 0 spiro atoms. The molecule has 0 atom stereocenters. The second kappa shape index (κ2) is 3.92. The van der Waals surface area contributed by atoms with Crippen molar-refractivity contribution in [1.82, 2.24) is 4.98 Å². The molecule has 70 valence electrons. The van der Waals surface area contributed by atoms with Crippen LogP contribution in [-0.4, -0.2) is 4.98 Å². The van der Waals surface area contributed by atoms with Crippen molar-refractivity contribution < 1.29 is 4.42 Å². The van der Waals surface area contributed by atoms with Crippen molar-refractivity contribution in [2.45, 2.75) is 32.7 Å². The molecule has 4 heteroatoms. The van der Waals surface area contributed by atoms with E-state index in [1.54, 1.807) is 0 Å². The number of hydrogen-bond acceptors (Lipinski definition) is 3. The van der Waals surface area contributed by atoms with E-state index in [0.29, 0.717) is 6.54 Å². The van der Waals surface area contributed by atoms with E-state index in [4.69, 9.17) is 10.2 Å². The topological polar surface area (TPSA) is 52.0 Å². The zero-order valence-corrected chi connectivity index (χ0v) is 8.44. The third kappa shape index (κ3) is 2.22. The summed E-state index contributed by atoms with van der Waals surface area (Å²) in [5.74, 6) is 0.889. The van der Waals surface area contributed by atoms with Crippen molar-refractivity contribution in [3.63, 3.8) is 0 Å². The molecule has 12 heavy (non-hydrogen) atoms. The van der Waals surface area contributed by atoms with E-state index in [9.17, 15) is 0 Å². The zero-order valence-electron chi connectivity index (χ0n) is 7.63. The van der Waals surface area contributed by atoms with Gasteiger partial charge in [0.2, 0.25) is 0 Å². The molecule has 0 saturated carbocycles. The fraction of sp³-hybridized carbons (Fsp3) is 0.625. The van der Waals surface area contributed by atoms with Crippen LogP contribution in [0.4, 0.5) is 0 Å². The number of nitrogens with zero attached hydrogens (tertiary/aromatic N) is 1. The largest absolute Gasteiger partial charge is 0.448 e. The van der Waals surface area contributed by atoms with Crippen LogP contribution < -0.4 is 5.73 Å². The normalized spacial score (nSPS) is 11.0. The Labute approximate surface area is 78.8 Å². The van der Waals surface area contributed by atoms with Gasteiger partial charge in [-0.25, -0.2) is 4.98 Å². The highest BCUT2D eigenvalue weighted by molar-refractivity contribution is 5.85. The SMILES string of the molecule is CC(C)(C)c1ocnc1CN.Cl. The molecule has 0 aliphatic rings. The lowest BCUT2D eigenvalue weighted by Crippen LogP contribution is -2.14. The molecule has 0 aliphatic carbocycles. The van der Waals surface area contributed by atoms with Gasteiger partial charge in [-0.2, -0.15) is 0 Å². The van der Waals surface area contributed by atoms with E-state index in [1.165, 1.54) is 6.39 Å². The molecule has 0 fully saturated rings. The van der Waals surface area contributed by atoms with E-state index >= 15 is 0 Å². The maximum atomic E-state index is 5.47. The Hall–Kier alpha value is -0.540. The third-order valence-electron chi connectivity index (χ3n) is 1.52. The van der Waals surface area contributed by atoms with Crippen molar-refractivity contribution in [3.05, 3.63) is 17.8 Å². The summed E-state index contributed by atoms with van der Waals surface area (Å²) in [6.45, 7) is 6.68. The van der Waals surface area contributed by atoms with Crippen molar-refractivity contribution in [1.29, 1.82) is 0 Å². The molecule has 0 unspecified atom stereocenters. The molecule has 0 saturated heterocycles. The summed E-state index contributed by atoms with van der Waals surface area (Å²) in [5.41, 5.74) is 6.33. The molecule has 0 radical (unpaired) electrons. The number of halogens is 1. The van der Waals surface area contributed by atoms with Crippen molar-refractivity contribution >= 4 is 12.4 Å². The smallest absolute Gasteiger partial charge is 0.181 e. The van der Waals surface area contributed by atoms with E-state index < -0.39 is 0 Å². The standard InChI is InChI=1S/C8H14N2O.ClH/c1-8(2,3)7-6(4-9)10-5-11-7;/h5H,4,9H2,1-3H3;1H. The Morgan fingerprint density at radius 3 is 2.42 bits per heavy atom. The fourth-order valence-electron chi connectivity index (χ4n) is 1.02. The van der Waals surface area contributed by atoms with Crippen molar-refractivity contribution in [2.75, 3.05) is 0 Å². The molecular formula is C8H15ClN2O. The molecule has 2 N–H and O–H groups in total. The lowest BCUT2D eigenvalue weighted by atomic mass is 9.92. The van der Waals surface area contributed by atoms with E-state index in [-0.39, 0.29) is 17.8 Å². The molecule has 0 amide bonds. The summed E-state index contributed by atoms with van der Waals surface area (Å²) in [5, 5.41) is 0. The minimum absolute atomic E-state index is 0. The second-order valence-electron chi connectivity index (χ2n) is 3.58. The van der Waals surface area contributed by atoms with Crippen LogP contribution in [0.25, 0.3) is 0 Å². The van der Waals surface area contributed by atoms with Gasteiger partial charge in [-0.3, -0.25) is 0 Å². The van der Waals surface area contributed by atoms with Gasteiger partial charge in [0.15, 0.2) is 6.39 Å². The van der Waals surface area contributed by atoms with Crippen LogP contribution in [0.1, 0.15) is 32.2 Å². The second-order valence-corrected chi connectivity index (χ2v) is 3.58. The van der Waals surface area contributed by atoms with E-state index in [2.05, 4.69) is 25.8 Å². The van der Waals surface area contributed by atoms with Crippen LogP contribution in [-0.2, 0) is 12.0 Å². The summed E-state index contributed by atoms with van der Waals surface area (Å²) in [6.07, 6.45) is 1.45. The molecule has 1 aromatic heterocycles. The molecule has 1 aromatic rings. The Balaban J connectivity index is 0.00000121. The summed E-state index contributed by atoms with van der Waals surface area (Å²) < 4.78 is 5.23. The van der Waals surface area contributed by atoms with Gasteiger partial charge in [0, 0.05) is 12.0 Å². The van der Waals surface area contributed by atoms with Gasteiger partial charge in [-0.15, -0.1) is 12.4 Å². The van der Waals surface area contributed by atoms with Crippen LogP contribution in [0, 0.1) is 0 Å². The first-order chi connectivity index (χ1) is 5.05. The average Bonchev–Trinajstić information content (AvgIpc) is 2.31. The number of aromatic nitrogens is 1. The third-order valence-corrected chi connectivity index (χ3v) is 1.52. The average molecular weight is 191 g/mol. The van der Waals surface area contributed by atoms with Crippen LogP contribution in [0.2, 0.25) is 0 Å². The Morgan fingerprint density at radius 2 is 2.08 bits per heavy atom. The lowest BCUT2D eigenvalue weighted by molar-refractivity contribution is 0.403. The molecule has 3 nitrogen and oxygen atoms in total. The summed E-state index contributed by atoms with van der Waals surface area (Å²) in [4.78, 5) is 4.01. The Bertz CT molecular complexity index is 239.